The van der Waals surface area contributed by atoms with E-state index in [4.69, 9.17) is 9.97 Å². The number of hydrogen-bond donors (Lipinski definition) is 0. The van der Waals surface area contributed by atoms with Gasteiger partial charge < -0.3 is 4.57 Å². The average Bonchev–Trinajstić information content (AvgIpc) is 3.81. The highest BCUT2D eigenvalue weighted by Gasteiger charge is 2.36. The third-order valence-corrected chi connectivity index (χ3v) is 12.2. The van der Waals surface area contributed by atoms with E-state index in [9.17, 15) is 0 Å². The number of para-hydroxylation sites is 2. The molecule has 12 rings (SSSR count). The van der Waals surface area contributed by atoms with Gasteiger partial charge in [-0.2, -0.15) is 0 Å². The fourth-order valence-corrected chi connectivity index (χ4v) is 9.63. The van der Waals surface area contributed by atoms with E-state index >= 15 is 0 Å². The minimum Gasteiger partial charge on any atom is -0.309 e. The third-order valence-electron chi connectivity index (χ3n) is 12.2. The van der Waals surface area contributed by atoms with Crippen molar-refractivity contribution in [3.63, 3.8) is 0 Å². The molecule has 3 nitrogen and oxygen atoms in total. The lowest BCUT2D eigenvalue weighted by atomic mass is 9.82. The minimum absolute atomic E-state index is 0.0541. The van der Waals surface area contributed by atoms with Gasteiger partial charge in [0.25, 0.3) is 0 Å². The molecule has 0 aliphatic heterocycles. The molecular weight excluding hydrogens is 655 g/mol. The molecule has 0 saturated heterocycles. The van der Waals surface area contributed by atoms with Gasteiger partial charge in [-0.15, -0.1) is 0 Å². The third kappa shape index (κ3) is 3.91. The van der Waals surface area contributed by atoms with Gasteiger partial charge >= 0.3 is 0 Å². The Morgan fingerprint density at radius 1 is 0.426 bits per heavy atom. The predicted molar refractivity (Wildman–Crippen MR) is 224 cm³/mol. The molecule has 0 unspecified atom stereocenters. The molecule has 3 heteroatoms. The molecule has 2 aromatic heterocycles. The molecule has 0 spiro atoms. The summed E-state index contributed by atoms with van der Waals surface area (Å²) >= 11 is 0. The Morgan fingerprint density at radius 2 is 1.07 bits per heavy atom. The van der Waals surface area contributed by atoms with Crippen molar-refractivity contribution < 1.29 is 0 Å². The van der Waals surface area contributed by atoms with Crippen molar-refractivity contribution in [1.29, 1.82) is 0 Å². The van der Waals surface area contributed by atoms with Crippen LogP contribution in [0, 0.1) is 0 Å². The van der Waals surface area contributed by atoms with Crippen molar-refractivity contribution in [3.05, 3.63) is 175 Å². The summed E-state index contributed by atoms with van der Waals surface area (Å²) in [6.07, 6.45) is 0. The first-order valence-electron chi connectivity index (χ1n) is 18.8. The van der Waals surface area contributed by atoms with Crippen LogP contribution < -0.4 is 0 Å². The molecular formula is C51H33N3. The first-order valence-corrected chi connectivity index (χ1v) is 18.8. The normalized spacial score (nSPS) is 13.5. The first-order chi connectivity index (χ1) is 26.5. The van der Waals surface area contributed by atoms with Gasteiger partial charge in [0, 0.05) is 38.4 Å². The van der Waals surface area contributed by atoms with Crippen molar-refractivity contribution in [3.8, 4) is 61.7 Å². The lowest BCUT2D eigenvalue weighted by Crippen LogP contribution is -2.14. The van der Waals surface area contributed by atoms with Crippen LogP contribution in [0.4, 0.5) is 0 Å². The van der Waals surface area contributed by atoms with Crippen LogP contribution in [0.3, 0.4) is 0 Å². The van der Waals surface area contributed by atoms with E-state index in [0.717, 1.165) is 39.2 Å². The summed E-state index contributed by atoms with van der Waals surface area (Å²) in [5, 5.41) is 6.12. The summed E-state index contributed by atoms with van der Waals surface area (Å²) in [6, 6.07) is 59.7. The Balaban J connectivity index is 1.02. The maximum atomic E-state index is 5.37. The van der Waals surface area contributed by atoms with Crippen LogP contribution in [0.25, 0.3) is 105 Å². The highest BCUT2D eigenvalue weighted by molar-refractivity contribution is 6.19. The van der Waals surface area contributed by atoms with E-state index in [2.05, 4.69) is 182 Å². The van der Waals surface area contributed by atoms with E-state index in [1.165, 1.54) is 77.1 Å². The number of aromatic nitrogens is 3. The zero-order valence-electron chi connectivity index (χ0n) is 29.9. The smallest absolute Gasteiger partial charge is 0.160 e. The zero-order valence-corrected chi connectivity index (χ0v) is 29.9. The summed E-state index contributed by atoms with van der Waals surface area (Å²) in [7, 11) is 0. The van der Waals surface area contributed by atoms with Crippen molar-refractivity contribution in [2.45, 2.75) is 19.3 Å². The van der Waals surface area contributed by atoms with Gasteiger partial charge in [0.2, 0.25) is 0 Å². The topological polar surface area (TPSA) is 30.7 Å². The Kier molecular flexibility index (Phi) is 5.84. The van der Waals surface area contributed by atoms with Crippen LogP contribution >= 0.6 is 0 Å². The van der Waals surface area contributed by atoms with E-state index in [1.807, 2.05) is 0 Å². The molecule has 2 heterocycles. The van der Waals surface area contributed by atoms with Crippen molar-refractivity contribution in [2.75, 3.05) is 0 Å². The Morgan fingerprint density at radius 3 is 1.91 bits per heavy atom. The molecule has 0 saturated carbocycles. The predicted octanol–water partition coefficient (Wildman–Crippen LogP) is 13.2. The molecule has 0 bridgehead atoms. The van der Waals surface area contributed by atoms with Crippen molar-refractivity contribution in [2.24, 2.45) is 0 Å². The molecule has 10 aromatic rings. The quantitative estimate of drug-likeness (QED) is 0.185. The number of nitrogens with zero attached hydrogens (tertiary/aromatic N) is 3. The Hall–Kier alpha value is -6.84. The zero-order chi connectivity index (χ0) is 35.7. The standard InChI is InChI=1S/C51H33N3/c1-51(2)43-19-8-5-14-34(43)41-29-47-42(28-44(41)51)35-15-7-10-21-46(35)54(47)31-24-22-30(23-25-31)50-52-45-20-9-6-16-40(45)49(53-50)39-27-26-38-33-13-4-3-12-32(33)36-17-11-18-37(39)48(36)38/h3-29H,1-2H3. The van der Waals surface area contributed by atoms with Gasteiger partial charge in [-0.3, -0.25) is 0 Å². The fourth-order valence-electron chi connectivity index (χ4n) is 9.63. The van der Waals surface area contributed by atoms with E-state index in [-0.39, 0.29) is 5.41 Å². The molecule has 2 aliphatic rings. The number of hydrogen-bond acceptors (Lipinski definition) is 2. The van der Waals surface area contributed by atoms with Gasteiger partial charge in [-0.1, -0.05) is 129 Å². The lowest BCUT2D eigenvalue weighted by Gasteiger charge is -2.21. The largest absolute Gasteiger partial charge is 0.309 e. The van der Waals surface area contributed by atoms with Crippen LogP contribution in [0.15, 0.2) is 164 Å². The SMILES string of the molecule is CC1(C)c2ccccc2-c2cc3c(cc21)c1ccccc1n3-c1ccc(-c2nc(-c3ccc4c5c(cccc35)-c3ccccc3-4)c3ccccc3n2)cc1. The molecule has 0 fully saturated rings. The van der Waals surface area contributed by atoms with Crippen LogP contribution in [0.1, 0.15) is 25.0 Å². The summed E-state index contributed by atoms with van der Waals surface area (Å²) in [6.45, 7) is 4.71. The molecule has 2 aliphatic carbocycles. The average molecular weight is 688 g/mol. The lowest BCUT2D eigenvalue weighted by molar-refractivity contribution is 0.661. The van der Waals surface area contributed by atoms with Crippen LogP contribution in [-0.2, 0) is 5.41 Å². The Bertz CT molecular complexity index is 3210. The van der Waals surface area contributed by atoms with E-state index in [1.54, 1.807) is 0 Å². The number of benzene rings is 8. The molecule has 252 valence electrons. The fraction of sp³-hybridized carbons (Fsp3) is 0.0588. The Labute approximate surface area is 312 Å². The molecule has 0 radical (unpaired) electrons. The second-order valence-electron chi connectivity index (χ2n) is 15.3. The molecule has 0 N–H and O–H groups in total. The maximum absolute atomic E-state index is 5.37. The van der Waals surface area contributed by atoms with Gasteiger partial charge in [0.1, 0.15) is 0 Å². The highest BCUT2D eigenvalue weighted by atomic mass is 15.0. The highest BCUT2D eigenvalue weighted by Crippen LogP contribution is 2.52. The first kappa shape index (κ1) is 29.7. The van der Waals surface area contributed by atoms with Crippen LogP contribution in [-0.4, -0.2) is 14.5 Å². The number of fused-ring (bicyclic) bond motifs is 10. The maximum Gasteiger partial charge on any atom is 0.160 e. The number of rotatable bonds is 3. The van der Waals surface area contributed by atoms with E-state index in [0.29, 0.717) is 0 Å². The second kappa shape index (κ2) is 10.6. The summed E-state index contributed by atoms with van der Waals surface area (Å²) in [5.74, 6) is 0.723. The van der Waals surface area contributed by atoms with Crippen molar-refractivity contribution >= 4 is 43.5 Å². The molecule has 0 atom stereocenters. The van der Waals surface area contributed by atoms with Crippen LogP contribution in [0.5, 0.6) is 0 Å². The van der Waals surface area contributed by atoms with Gasteiger partial charge in [0.15, 0.2) is 5.82 Å². The molecule has 8 aromatic carbocycles. The molecule has 0 amide bonds. The van der Waals surface area contributed by atoms with Gasteiger partial charge in [-0.05, 0) is 104 Å². The molecule has 54 heavy (non-hydrogen) atoms. The summed E-state index contributed by atoms with van der Waals surface area (Å²) in [5.41, 5.74) is 18.1. The summed E-state index contributed by atoms with van der Waals surface area (Å²) in [4.78, 5) is 10.5. The van der Waals surface area contributed by atoms with Gasteiger partial charge in [-0.25, -0.2) is 9.97 Å². The van der Waals surface area contributed by atoms with Crippen molar-refractivity contribution in [1.82, 2.24) is 14.5 Å². The minimum atomic E-state index is -0.0541. The van der Waals surface area contributed by atoms with E-state index < -0.39 is 0 Å². The van der Waals surface area contributed by atoms with Crippen LogP contribution in [0.2, 0.25) is 0 Å². The van der Waals surface area contributed by atoms with Gasteiger partial charge in [0.05, 0.1) is 22.2 Å². The monoisotopic (exact) mass is 687 g/mol. The summed E-state index contributed by atoms with van der Waals surface area (Å²) < 4.78 is 2.42. The second-order valence-corrected chi connectivity index (χ2v) is 15.3.